The molecule has 2 amide bonds. The molecule has 0 aliphatic carbocycles. The number of sulfonamides is 1. The summed E-state index contributed by atoms with van der Waals surface area (Å²) in [6.45, 7) is 7.33. The zero-order valence-corrected chi connectivity index (χ0v) is 25.3. The largest absolute Gasteiger partial charge is 0.352 e. The van der Waals surface area contributed by atoms with Gasteiger partial charge in [0.15, 0.2) is 0 Å². The molecule has 2 unspecified atom stereocenters. The van der Waals surface area contributed by atoms with Crippen LogP contribution in [0.1, 0.15) is 42.5 Å². The van der Waals surface area contributed by atoms with Crippen LogP contribution in [-0.2, 0) is 32.6 Å². The van der Waals surface area contributed by atoms with Crippen molar-refractivity contribution in [2.75, 3.05) is 17.1 Å². The first kappa shape index (κ1) is 31.2. The Kier molecular flexibility index (Phi) is 10.8. The lowest BCUT2D eigenvalue weighted by molar-refractivity contribution is -0.140. The Morgan fingerprint density at radius 3 is 2.17 bits per heavy atom. The van der Waals surface area contributed by atoms with Crippen molar-refractivity contribution in [2.45, 2.75) is 59.2 Å². The van der Waals surface area contributed by atoms with E-state index in [1.54, 1.807) is 12.1 Å². The molecule has 0 saturated carbocycles. The summed E-state index contributed by atoms with van der Waals surface area (Å²) in [5.74, 6) is -0.786. The molecule has 2 atom stereocenters. The van der Waals surface area contributed by atoms with E-state index in [1.807, 2.05) is 82.3 Å². The van der Waals surface area contributed by atoms with Gasteiger partial charge in [-0.25, -0.2) is 8.42 Å². The molecule has 0 fully saturated rings. The fourth-order valence-corrected chi connectivity index (χ4v) is 5.25. The summed E-state index contributed by atoms with van der Waals surface area (Å²) < 4.78 is 26.8. The normalized spacial score (nSPS) is 12.8. The van der Waals surface area contributed by atoms with Crippen molar-refractivity contribution in [1.29, 1.82) is 0 Å². The minimum atomic E-state index is -3.86. The van der Waals surface area contributed by atoms with Crippen LogP contribution >= 0.6 is 11.6 Å². The molecule has 0 aliphatic heterocycles. The molecule has 0 heterocycles. The van der Waals surface area contributed by atoms with Gasteiger partial charge in [0.05, 0.1) is 11.9 Å². The van der Waals surface area contributed by atoms with E-state index in [0.717, 1.165) is 39.2 Å². The molecule has 3 aromatic carbocycles. The van der Waals surface area contributed by atoms with Crippen molar-refractivity contribution < 1.29 is 18.0 Å². The highest BCUT2D eigenvalue weighted by Crippen LogP contribution is 2.26. The van der Waals surface area contributed by atoms with Gasteiger partial charge >= 0.3 is 0 Å². The van der Waals surface area contributed by atoms with E-state index in [1.165, 1.54) is 11.0 Å². The first-order valence-corrected chi connectivity index (χ1v) is 15.5. The maximum absolute atomic E-state index is 14.1. The molecule has 9 heteroatoms. The first-order chi connectivity index (χ1) is 18.9. The number of benzene rings is 3. The Hall–Kier alpha value is -3.36. The number of nitrogens with one attached hydrogen (secondary N) is 1. The van der Waals surface area contributed by atoms with Gasteiger partial charge in [0, 0.05) is 24.0 Å². The van der Waals surface area contributed by atoms with Crippen molar-refractivity contribution in [3.63, 3.8) is 0 Å². The standard InChI is InChI=1S/C31H38ClN3O4S/c1-6-24(4)33-31(37)29(18-25-10-8-7-9-11-25)34(20-26-15-12-22(2)13-16-26)30(36)21-35(40(5,38)39)27-17-14-23(3)28(32)19-27/h7-17,19,24,29H,6,18,20-21H2,1-5H3,(H,33,37). The van der Waals surface area contributed by atoms with E-state index in [0.29, 0.717) is 5.02 Å². The molecule has 0 saturated heterocycles. The lowest BCUT2D eigenvalue weighted by atomic mass is 10.0. The summed E-state index contributed by atoms with van der Waals surface area (Å²) in [7, 11) is -3.86. The highest BCUT2D eigenvalue weighted by molar-refractivity contribution is 7.92. The lowest BCUT2D eigenvalue weighted by Crippen LogP contribution is -2.54. The Labute approximate surface area is 243 Å². The molecule has 40 heavy (non-hydrogen) atoms. The van der Waals surface area contributed by atoms with Gasteiger partial charge in [-0.1, -0.05) is 84.8 Å². The van der Waals surface area contributed by atoms with Gasteiger partial charge in [0.25, 0.3) is 0 Å². The van der Waals surface area contributed by atoms with Crippen LogP contribution in [0.4, 0.5) is 5.69 Å². The Bertz CT molecular complexity index is 1410. The number of hydrogen-bond acceptors (Lipinski definition) is 4. The van der Waals surface area contributed by atoms with E-state index in [4.69, 9.17) is 11.6 Å². The fourth-order valence-electron chi connectivity index (χ4n) is 4.24. The molecular formula is C31H38ClN3O4S. The molecule has 3 aromatic rings. The SMILES string of the molecule is CCC(C)NC(=O)C(Cc1ccccc1)N(Cc1ccc(C)cc1)C(=O)CN(c1ccc(C)c(Cl)c1)S(C)(=O)=O. The molecule has 0 spiro atoms. The summed E-state index contributed by atoms with van der Waals surface area (Å²) in [5, 5.41) is 3.42. The quantitative estimate of drug-likeness (QED) is 0.314. The number of anilines is 1. The Morgan fingerprint density at radius 1 is 0.950 bits per heavy atom. The third-order valence-corrected chi connectivity index (χ3v) is 8.42. The van der Waals surface area contributed by atoms with Crippen molar-refractivity contribution in [3.8, 4) is 0 Å². The van der Waals surface area contributed by atoms with E-state index >= 15 is 0 Å². The van der Waals surface area contributed by atoms with Crippen molar-refractivity contribution in [1.82, 2.24) is 10.2 Å². The second kappa shape index (κ2) is 13.8. The number of aryl methyl sites for hydroxylation is 2. The number of nitrogens with zero attached hydrogens (tertiary/aromatic N) is 2. The monoisotopic (exact) mass is 583 g/mol. The van der Waals surface area contributed by atoms with Crippen LogP contribution in [0.5, 0.6) is 0 Å². The van der Waals surface area contributed by atoms with Crippen molar-refractivity contribution >= 4 is 39.1 Å². The zero-order valence-electron chi connectivity index (χ0n) is 23.7. The number of halogens is 1. The van der Waals surface area contributed by atoms with E-state index in [9.17, 15) is 18.0 Å². The van der Waals surface area contributed by atoms with Crippen LogP contribution in [-0.4, -0.2) is 50.0 Å². The number of rotatable bonds is 12. The van der Waals surface area contributed by atoms with Crippen LogP contribution in [0.25, 0.3) is 0 Å². The molecule has 1 N–H and O–H groups in total. The van der Waals surface area contributed by atoms with Crippen LogP contribution in [0.3, 0.4) is 0 Å². The van der Waals surface area contributed by atoms with Gasteiger partial charge in [-0.05, 0) is 56.0 Å². The van der Waals surface area contributed by atoms with E-state index < -0.39 is 28.5 Å². The van der Waals surface area contributed by atoms with Crippen LogP contribution in [0.2, 0.25) is 5.02 Å². The van der Waals surface area contributed by atoms with Gasteiger partial charge < -0.3 is 10.2 Å². The first-order valence-electron chi connectivity index (χ1n) is 13.3. The molecule has 3 rings (SSSR count). The second-order valence-corrected chi connectivity index (χ2v) is 12.5. The summed E-state index contributed by atoms with van der Waals surface area (Å²) in [6, 6.07) is 21.1. The predicted octanol–water partition coefficient (Wildman–Crippen LogP) is 5.28. The Balaban J connectivity index is 2.06. The molecule has 7 nitrogen and oxygen atoms in total. The zero-order chi connectivity index (χ0) is 29.4. The maximum Gasteiger partial charge on any atom is 0.244 e. The molecule has 0 aromatic heterocycles. The minimum absolute atomic E-state index is 0.0932. The third kappa shape index (κ3) is 8.57. The average Bonchev–Trinajstić information content (AvgIpc) is 2.91. The van der Waals surface area contributed by atoms with Gasteiger partial charge in [-0.15, -0.1) is 0 Å². The summed E-state index contributed by atoms with van der Waals surface area (Å²) in [6.07, 6.45) is 2.05. The highest BCUT2D eigenvalue weighted by Gasteiger charge is 2.33. The van der Waals surface area contributed by atoms with Gasteiger partial charge in [-0.3, -0.25) is 13.9 Å². The number of carbonyl (C=O) groups is 2. The molecule has 0 bridgehead atoms. The van der Waals surface area contributed by atoms with Crippen molar-refractivity contribution in [3.05, 3.63) is 100 Å². The maximum atomic E-state index is 14.1. The Morgan fingerprint density at radius 2 is 1.60 bits per heavy atom. The van der Waals surface area contributed by atoms with Gasteiger partial charge in [0.2, 0.25) is 21.8 Å². The van der Waals surface area contributed by atoms with Crippen LogP contribution in [0, 0.1) is 13.8 Å². The highest BCUT2D eigenvalue weighted by atomic mass is 35.5. The van der Waals surface area contributed by atoms with Crippen LogP contribution in [0.15, 0.2) is 72.8 Å². The van der Waals surface area contributed by atoms with Gasteiger partial charge in [0.1, 0.15) is 12.6 Å². The average molecular weight is 584 g/mol. The number of hydrogen-bond donors (Lipinski definition) is 1. The molecule has 0 aliphatic rings. The molecule has 0 radical (unpaired) electrons. The van der Waals surface area contributed by atoms with Crippen molar-refractivity contribution in [2.24, 2.45) is 0 Å². The van der Waals surface area contributed by atoms with Gasteiger partial charge in [-0.2, -0.15) is 0 Å². The summed E-state index contributed by atoms with van der Waals surface area (Å²) in [5.41, 5.74) is 3.86. The summed E-state index contributed by atoms with van der Waals surface area (Å²) >= 11 is 6.30. The predicted molar refractivity (Wildman–Crippen MR) is 162 cm³/mol. The fraction of sp³-hybridized carbons (Fsp3) is 0.355. The smallest absolute Gasteiger partial charge is 0.244 e. The number of amides is 2. The summed E-state index contributed by atoms with van der Waals surface area (Å²) in [4.78, 5) is 29.3. The molecular weight excluding hydrogens is 546 g/mol. The van der Waals surface area contributed by atoms with Crippen LogP contribution < -0.4 is 9.62 Å². The third-order valence-electron chi connectivity index (χ3n) is 6.87. The van der Waals surface area contributed by atoms with E-state index in [-0.39, 0.29) is 30.6 Å². The second-order valence-electron chi connectivity index (χ2n) is 10.2. The topological polar surface area (TPSA) is 86.8 Å². The number of carbonyl (C=O) groups excluding carboxylic acids is 2. The van der Waals surface area contributed by atoms with E-state index in [2.05, 4.69) is 5.32 Å². The lowest BCUT2D eigenvalue weighted by Gasteiger charge is -2.34. The minimum Gasteiger partial charge on any atom is -0.352 e. The molecule has 214 valence electrons.